The molecule has 1 aliphatic rings. The maximum atomic E-state index is 12.6. The number of aromatic nitrogens is 5. The van der Waals surface area contributed by atoms with Gasteiger partial charge >= 0.3 is 0 Å². The first-order valence-electron chi connectivity index (χ1n) is 9.96. The molecule has 0 aliphatic heterocycles. The summed E-state index contributed by atoms with van der Waals surface area (Å²) in [4.78, 5) is 24.8. The molecular formula is C22H21N5O3S. The highest BCUT2D eigenvalue weighted by Crippen LogP contribution is 2.40. The Morgan fingerprint density at radius 2 is 1.84 bits per heavy atom. The fraction of sp³-hybridized carbons (Fsp3) is 0.273. The Balaban J connectivity index is 1.43. The Labute approximate surface area is 182 Å². The van der Waals surface area contributed by atoms with Gasteiger partial charge in [0.15, 0.2) is 11.5 Å². The van der Waals surface area contributed by atoms with E-state index < -0.39 is 0 Å². The van der Waals surface area contributed by atoms with Crippen molar-refractivity contribution in [2.75, 3.05) is 14.2 Å². The van der Waals surface area contributed by atoms with Crippen LogP contribution in [0.15, 0.2) is 52.4 Å². The summed E-state index contributed by atoms with van der Waals surface area (Å²) in [5, 5.41) is 5.82. The fourth-order valence-corrected chi connectivity index (χ4v) is 4.15. The van der Waals surface area contributed by atoms with E-state index in [0.717, 1.165) is 24.4 Å². The molecule has 0 atom stereocenters. The maximum Gasteiger partial charge on any atom is 0.258 e. The van der Waals surface area contributed by atoms with Crippen molar-refractivity contribution in [2.24, 2.45) is 0 Å². The molecule has 158 valence electrons. The normalized spacial score (nSPS) is 13.5. The minimum absolute atomic E-state index is 0.219. The second kappa shape index (κ2) is 8.07. The van der Waals surface area contributed by atoms with Crippen LogP contribution >= 0.6 is 11.8 Å². The zero-order valence-corrected chi connectivity index (χ0v) is 18.0. The molecule has 5 rings (SSSR count). The molecule has 8 nitrogen and oxygen atoms in total. The van der Waals surface area contributed by atoms with Gasteiger partial charge in [0.05, 0.1) is 36.6 Å². The molecule has 0 spiro atoms. The van der Waals surface area contributed by atoms with Gasteiger partial charge in [-0.2, -0.15) is 0 Å². The molecule has 2 aromatic carbocycles. The molecular weight excluding hydrogens is 414 g/mol. The van der Waals surface area contributed by atoms with Crippen LogP contribution in [0.1, 0.15) is 30.4 Å². The molecule has 9 heteroatoms. The van der Waals surface area contributed by atoms with Crippen LogP contribution in [0.5, 0.6) is 11.5 Å². The second-order valence-electron chi connectivity index (χ2n) is 7.30. The molecule has 1 saturated carbocycles. The van der Waals surface area contributed by atoms with Crippen molar-refractivity contribution >= 4 is 22.7 Å². The van der Waals surface area contributed by atoms with Gasteiger partial charge in [-0.25, -0.2) is 14.6 Å². The Bertz CT molecular complexity index is 1300. The lowest BCUT2D eigenvalue weighted by Crippen LogP contribution is -2.11. The first-order chi connectivity index (χ1) is 15.2. The third-order valence-corrected chi connectivity index (χ3v) is 6.00. The highest BCUT2D eigenvalue weighted by molar-refractivity contribution is 7.98. The molecule has 1 N–H and O–H groups in total. The van der Waals surface area contributed by atoms with E-state index in [-0.39, 0.29) is 5.56 Å². The number of para-hydroxylation sites is 1. The number of rotatable bonds is 7. The number of nitrogens with zero attached hydrogens (tertiary/aromatic N) is 4. The van der Waals surface area contributed by atoms with Crippen LogP contribution < -0.4 is 15.0 Å². The predicted molar refractivity (Wildman–Crippen MR) is 118 cm³/mol. The number of aromatic amines is 1. The number of H-pyrrole nitrogens is 1. The van der Waals surface area contributed by atoms with Crippen molar-refractivity contribution in [2.45, 2.75) is 29.7 Å². The Hall–Kier alpha value is -3.33. The average Bonchev–Trinajstić information content (AvgIpc) is 3.56. The first kappa shape index (κ1) is 19.6. The molecule has 0 radical (unpaired) electrons. The average molecular weight is 436 g/mol. The Kier molecular flexibility index (Phi) is 5.11. The summed E-state index contributed by atoms with van der Waals surface area (Å²) in [6.45, 7) is 0. The number of thioether (sulfide) groups is 1. The summed E-state index contributed by atoms with van der Waals surface area (Å²) < 4.78 is 12.5. The summed E-state index contributed by atoms with van der Waals surface area (Å²) in [6.07, 6.45) is 2.28. The van der Waals surface area contributed by atoms with Gasteiger partial charge < -0.3 is 14.5 Å². The van der Waals surface area contributed by atoms with E-state index >= 15 is 0 Å². The smallest absolute Gasteiger partial charge is 0.258 e. The van der Waals surface area contributed by atoms with Gasteiger partial charge in [0.2, 0.25) is 5.16 Å². The van der Waals surface area contributed by atoms with E-state index in [0.29, 0.717) is 45.1 Å². The number of methoxy groups -OCH3 is 2. The Morgan fingerprint density at radius 1 is 1.10 bits per heavy atom. The minimum atomic E-state index is -0.219. The minimum Gasteiger partial charge on any atom is -0.493 e. The van der Waals surface area contributed by atoms with Gasteiger partial charge in [-0.15, -0.1) is 5.10 Å². The van der Waals surface area contributed by atoms with E-state index in [4.69, 9.17) is 19.6 Å². The van der Waals surface area contributed by atoms with E-state index in [1.807, 2.05) is 35.0 Å². The van der Waals surface area contributed by atoms with Crippen molar-refractivity contribution in [3.05, 3.63) is 64.5 Å². The van der Waals surface area contributed by atoms with Gasteiger partial charge in [-0.3, -0.25) is 4.79 Å². The van der Waals surface area contributed by atoms with Gasteiger partial charge in [-0.05, 0) is 31.0 Å². The molecule has 0 amide bonds. The molecule has 1 fully saturated rings. The number of hydrogen-bond donors (Lipinski definition) is 1. The number of nitrogens with one attached hydrogen (secondary N) is 1. The highest BCUT2D eigenvalue weighted by Gasteiger charge is 2.30. The zero-order chi connectivity index (χ0) is 21.4. The molecule has 4 aromatic rings. The zero-order valence-electron chi connectivity index (χ0n) is 17.2. The van der Waals surface area contributed by atoms with Gasteiger partial charge in [0.1, 0.15) is 11.6 Å². The monoisotopic (exact) mass is 435 g/mol. The van der Waals surface area contributed by atoms with E-state index in [1.54, 1.807) is 19.2 Å². The van der Waals surface area contributed by atoms with Crippen LogP contribution in [0.3, 0.4) is 0 Å². The standard InChI is InChI=1S/C22H21N5O3S/c1-29-17-10-15-16(11-18(17)30-2)23-19(24-21(15)28)12-31-22-25-20(13-8-9-13)27(26-22)14-6-4-3-5-7-14/h3-7,10-11,13H,8-9,12H2,1-2H3,(H,23,24,28). The van der Waals surface area contributed by atoms with E-state index in [2.05, 4.69) is 9.97 Å². The predicted octanol–water partition coefficient (Wildman–Crippen LogP) is 3.69. The summed E-state index contributed by atoms with van der Waals surface area (Å²) >= 11 is 1.45. The summed E-state index contributed by atoms with van der Waals surface area (Å²) in [5.74, 6) is 3.48. The van der Waals surface area contributed by atoms with Crippen molar-refractivity contribution in [1.29, 1.82) is 0 Å². The van der Waals surface area contributed by atoms with E-state index in [9.17, 15) is 4.79 Å². The van der Waals surface area contributed by atoms with Crippen LogP contribution in [0.25, 0.3) is 16.6 Å². The molecule has 2 aromatic heterocycles. The van der Waals surface area contributed by atoms with Gasteiger partial charge in [0, 0.05) is 12.0 Å². The van der Waals surface area contributed by atoms with Crippen molar-refractivity contribution in [1.82, 2.24) is 24.7 Å². The molecule has 1 aliphatic carbocycles. The lowest BCUT2D eigenvalue weighted by molar-refractivity contribution is 0.355. The van der Waals surface area contributed by atoms with Crippen molar-refractivity contribution < 1.29 is 9.47 Å². The van der Waals surface area contributed by atoms with Gasteiger partial charge in [0.25, 0.3) is 5.56 Å². The molecule has 0 unspecified atom stereocenters. The third kappa shape index (κ3) is 3.88. The molecule has 31 heavy (non-hydrogen) atoms. The lowest BCUT2D eigenvalue weighted by atomic mass is 10.2. The van der Waals surface area contributed by atoms with E-state index in [1.165, 1.54) is 18.9 Å². The summed E-state index contributed by atoms with van der Waals surface area (Å²) in [6, 6.07) is 13.4. The molecule has 0 bridgehead atoms. The largest absolute Gasteiger partial charge is 0.493 e. The topological polar surface area (TPSA) is 94.9 Å². The summed E-state index contributed by atoms with van der Waals surface area (Å²) in [7, 11) is 3.09. The maximum absolute atomic E-state index is 12.6. The first-order valence-corrected chi connectivity index (χ1v) is 10.9. The fourth-order valence-electron chi connectivity index (χ4n) is 3.45. The quantitative estimate of drug-likeness (QED) is 0.442. The van der Waals surface area contributed by atoms with Crippen molar-refractivity contribution in [3.63, 3.8) is 0 Å². The highest BCUT2D eigenvalue weighted by atomic mass is 32.2. The number of fused-ring (bicyclic) bond motifs is 1. The van der Waals surface area contributed by atoms with Crippen LogP contribution in [-0.4, -0.2) is 39.0 Å². The van der Waals surface area contributed by atoms with Crippen LogP contribution in [0.2, 0.25) is 0 Å². The lowest BCUT2D eigenvalue weighted by Gasteiger charge is -2.09. The molecule has 0 saturated heterocycles. The van der Waals surface area contributed by atoms with Crippen molar-refractivity contribution in [3.8, 4) is 17.2 Å². The SMILES string of the molecule is COc1cc2nc(CSc3nc(C4CC4)n(-c4ccccc4)n3)[nH]c(=O)c2cc1OC. The molecule has 2 heterocycles. The van der Waals surface area contributed by atoms with Crippen LogP contribution in [0.4, 0.5) is 0 Å². The number of ether oxygens (including phenoxy) is 2. The number of hydrogen-bond acceptors (Lipinski definition) is 7. The third-order valence-electron chi connectivity index (χ3n) is 5.15. The Morgan fingerprint density at radius 3 is 2.55 bits per heavy atom. The van der Waals surface area contributed by atoms with Gasteiger partial charge in [-0.1, -0.05) is 30.0 Å². The number of benzene rings is 2. The van der Waals surface area contributed by atoms with Crippen LogP contribution in [-0.2, 0) is 5.75 Å². The van der Waals surface area contributed by atoms with Crippen LogP contribution in [0, 0.1) is 0 Å². The second-order valence-corrected chi connectivity index (χ2v) is 8.24. The summed E-state index contributed by atoms with van der Waals surface area (Å²) in [5.41, 5.74) is 1.34.